The molecule has 2 heterocycles. The highest BCUT2D eigenvalue weighted by atomic mass is 14.8. The van der Waals surface area contributed by atoms with Crippen molar-refractivity contribution >= 4 is 5.71 Å². The topological polar surface area (TPSA) is 28.1 Å². The fourth-order valence-electron chi connectivity index (χ4n) is 1.51. The van der Waals surface area contributed by atoms with E-state index in [9.17, 15) is 0 Å². The summed E-state index contributed by atoms with van der Waals surface area (Å²) in [6.45, 7) is 3.22. The molecule has 0 bridgehead atoms. The maximum Gasteiger partial charge on any atom is 0.0611 e. The van der Waals surface area contributed by atoms with Gasteiger partial charge >= 0.3 is 0 Å². The van der Waals surface area contributed by atoms with Crippen molar-refractivity contribution in [3.63, 3.8) is 0 Å². The molecule has 1 aromatic rings. The van der Waals surface area contributed by atoms with E-state index in [0.717, 1.165) is 6.54 Å². The Hall–Kier alpha value is -1.05. The highest BCUT2D eigenvalue weighted by molar-refractivity contribution is 6.01. The van der Waals surface area contributed by atoms with Gasteiger partial charge in [0.1, 0.15) is 0 Å². The zero-order valence-electron chi connectivity index (χ0n) is 6.67. The molecule has 0 aromatic carbocycles. The molecule has 2 rings (SSSR count). The number of H-pyrrole nitrogens is 1. The molecule has 2 heteroatoms. The average Bonchev–Trinajstić information content (AvgIpc) is 2.55. The maximum absolute atomic E-state index is 4.44. The van der Waals surface area contributed by atoms with Crippen molar-refractivity contribution < 1.29 is 0 Å². The second kappa shape index (κ2) is 2.53. The van der Waals surface area contributed by atoms with Crippen molar-refractivity contribution in [2.24, 2.45) is 10.9 Å². The van der Waals surface area contributed by atoms with Crippen molar-refractivity contribution in [1.82, 2.24) is 4.98 Å². The van der Waals surface area contributed by atoms with E-state index in [1.54, 1.807) is 0 Å². The number of rotatable bonds is 1. The molecule has 1 atom stereocenters. The summed E-state index contributed by atoms with van der Waals surface area (Å²) in [4.78, 5) is 7.62. The van der Waals surface area contributed by atoms with Crippen LogP contribution in [-0.2, 0) is 0 Å². The van der Waals surface area contributed by atoms with Crippen LogP contribution < -0.4 is 0 Å². The van der Waals surface area contributed by atoms with Crippen LogP contribution in [0.3, 0.4) is 0 Å². The van der Waals surface area contributed by atoms with Crippen LogP contribution in [0.4, 0.5) is 0 Å². The van der Waals surface area contributed by atoms with Gasteiger partial charge in [0, 0.05) is 18.7 Å². The van der Waals surface area contributed by atoms with Crippen molar-refractivity contribution in [2.45, 2.75) is 13.3 Å². The second-order valence-electron chi connectivity index (χ2n) is 3.04. The van der Waals surface area contributed by atoms with Crippen LogP contribution in [0.1, 0.15) is 19.0 Å². The molecule has 1 unspecified atom stereocenters. The third-order valence-corrected chi connectivity index (χ3v) is 2.18. The molecule has 1 N–H and O–H groups in total. The van der Waals surface area contributed by atoms with Gasteiger partial charge in [0.15, 0.2) is 0 Å². The lowest BCUT2D eigenvalue weighted by Crippen LogP contribution is -2.07. The van der Waals surface area contributed by atoms with E-state index in [4.69, 9.17) is 0 Å². The summed E-state index contributed by atoms with van der Waals surface area (Å²) >= 11 is 0. The van der Waals surface area contributed by atoms with E-state index in [0.29, 0.717) is 5.92 Å². The van der Waals surface area contributed by atoms with E-state index >= 15 is 0 Å². The fourth-order valence-corrected chi connectivity index (χ4v) is 1.51. The minimum absolute atomic E-state index is 0.633. The Labute approximate surface area is 66.4 Å². The van der Waals surface area contributed by atoms with Gasteiger partial charge < -0.3 is 4.98 Å². The Morgan fingerprint density at radius 1 is 1.64 bits per heavy atom. The highest BCUT2D eigenvalue weighted by Crippen LogP contribution is 2.17. The summed E-state index contributed by atoms with van der Waals surface area (Å²) in [6, 6.07) is 4.10. The lowest BCUT2D eigenvalue weighted by molar-refractivity contribution is 0.749. The van der Waals surface area contributed by atoms with E-state index in [-0.39, 0.29) is 0 Å². The molecule has 0 amide bonds. The van der Waals surface area contributed by atoms with Crippen LogP contribution in [-0.4, -0.2) is 17.2 Å². The highest BCUT2D eigenvalue weighted by Gasteiger charge is 2.17. The van der Waals surface area contributed by atoms with Gasteiger partial charge in [0.2, 0.25) is 0 Å². The Morgan fingerprint density at radius 2 is 2.55 bits per heavy atom. The molecule has 11 heavy (non-hydrogen) atoms. The molecule has 0 radical (unpaired) electrons. The van der Waals surface area contributed by atoms with Crippen molar-refractivity contribution in [3.8, 4) is 0 Å². The SMILES string of the molecule is CC1CCN=C1c1ccc[nH]1. The quantitative estimate of drug-likeness (QED) is 0.629. The van der Waals surface area contributed by atoms with Gasteiger partial charge in [-0.05, 0) is 18.6 Å². The van der Waals surface area contributed by atoms with Gasteiger partial charge in [-0.15, -0.1) is 0 Å². The predicted molar refractivity (Wildman–Crippen MR) is 46.0 cm³/mol. The van der Waals surface area contributed by atoms with Crippen LogP contribution in [0.2, 0.25) is 0 Å². The third-order valence-electron chi connectivity index (χ3n) is 2.18. The second-order valence-corrected chi connectivity index (χ2v) is 3.04. The molecule has 2 nitrogen and oxygen atoms in total. The molecule has 1 aliphatic rings. The molecule has 0 fully saturated rings. The summed E-state index contributed by atoms with van der Waals surface area (Å²) < 4.78 is 0. The van der Waals surface area contributed by atoms with E-state index < -0.39 is 0 Å². The summed E-state index contributed by atoms with van der Waals surface area (Å²) in [6.07, 6.45) is 3.15. The summed E-state index contributed by atoms with van der Waals surface area (Å²) in [5.74, 6) is 0.633. The average molecular weight is 148 g/mol. The molecule has 0 spiro atoms. The number of hydrogen-bond acceptors (Lipinski definition) is 1. The Kier molecular flexibility index (Phi) is 1.53. The van der Waals surface area contributed by atoms with Gasteiger partial charge in [-0.2, -0.15) is 0 Å². The van der Waals surface area contributed by atoms with E-state index in [1.807, 2.05) is 12.3 Å². The smallest absolute Gasteiger partial charge is 0.0611 e. The lowest BCUT2D eigenvalue weighted by Gasteiger charge is -2.02. The number of aromatic nitrogens is 1. The van der Waals surface area contributed by atoms with E-state index in [1.165, 1.54) is 17.8 Å². The van der Waals surface area contributed by atoms with Gasteiger partial charge in [0.25, 0.3) is 0 Å². The standard InChI is InChI=1S/C9H12N2/c1-7-4-6-11-9(7)8-3-2-5-10-8/h2-3,5,7,10H,4,6H2,1H3. The Balaban J connectivity index is 2.30. The van der Waals surface area contributed by atoms with Crippen LogP contribution >= 0.6 is 0 Å². The number of nitrogens with zero attached hydrogens (tertiary/aromatic N) is 1. The first-order valence-electron chi connectivity index (χ1n) is 4.06. The molecule has 1 aliphatic heterocycles. The normalized spacial score (nSPS) is 23.7. The first-order chi connectivity index (χ1) is 5.38. The minimum atomic E-state index is 0.633. The van der Waals surface area contributed by atoms with Gasteiger partial charge in [-0.25, -0.2) is 0 Å². The lowest BCUT2D eigenvalue weighted by atomic mass is 10.0. The molecule has 58 valence electrons. The summed E-state index contributed by atoms with van der Waals surface area (Å²) in [5.41, 5.74) is 2.44. The number of aromatic amines is 1. The monoisotopic (exact) mass is 148 g/mol. The maximum atomic E-state index is 4.44. The molecule has 1 aromatic heterocycles. The predicted octanol–water partition coefficient (Wildman–Crippen LogP) is 1.84. The van der Waals surface area contributed by atoms with Crippen molar-refractivity contribution in [2.75, 3.05) is 6.54 Å². The van der Waals surface area contributed by atoms with Crippen molar-refractivity contribution in [1.29, 1.82) is 0 Å². The molecule has 0 saturated carbocycles. The van der Waals surface area contributed by atoms with Crippen LogP contribution in [0, 0.1) is 5.92 Å². The van der Waals surface area contributed by atoms with Crippen LogP contribution in [0.5, 0.6) is 0 Å². The summed E-state index contributed by atoms with van der Waals surface area (Å²) in [5, 5.41) is 0. The first-order valence-corrected chi connectivity index (χ1v) is 4.06. The van der Waals surface area contributed by atoms with Crippen molar-refractivity contribution in [3.05, 3.63) is 24.0 Å². The van der Waals surface area contributed by atoms with Crippen LogP contribution in [0.15, 0.2) is 23.3 Å². The zero-order valence-corrected chi connectivity index (χ0v) is 6.67. The summed E-state index contributed by atoms with van der Waals surface area (Å²) in [7, 11) is 0. The number of hydrogen-bond donors (Lipinski definition) is 1. The largest absolute Gasteiger partial charge is 0.360 e. The van der Waals surface area contributed by atoms with E-state index in [2.05, 4.69) is 23.0 Å². The zero-order chi connectivity index (χ0) is 7.68. The molecular weight excluding hydrogens is 136 g/mol. The first kappa shape index (κ1) is 6.65. The van der Waals surface area contributed by atoms with Gasteiger partial charge in [-0.3, -0.25) is 4.99 Å². The fraction of sp³-hybridized carbons (Fsp3) is 0.444. The third kappa shape index (κ3) is 1.09. The van der Waals surface area contributed by atoms with Gasteiger partial charge in [-0.1, -0.05) is 6.92 Å². The minimum Gasteiger partial charge on any atom is -0.360 e. The Bertz CT molecular complexity index is 259. The Morgan fingerprint density at radius 3 is 3.09 bits per heavy atom. The molecule has 0 aliphatic carbocycles. The number of nitrogens with one attached hydrogen (secondary N) is 1. The molecule has 0 saturated heterocycles. The molecular formula is C9H12N2. The van der Waals surface area contributed by atoms with Crippen LogP contribution in [0.25, 0.3) is 0 Å². The van der Waals surface area contributed by atoms with Gasteiger partial charge in [0.05, 0.1) is 11.4 Å². The number of aliphatic imine (C=N–C) groups is 1.